The highest BCUT2D eigenvalue weighted by atomic mass is 16.7. The minimum Gasteiger partial charge on any atom is -0.493 e. The van der Waals surface area contributed by atoms with Crippen molar-refractivity contribution in [1.82, 2.24) is 15.1 Å². The minimum absolute atomic E-state index is 0.228. The fourth-order valence-electron chi connectivity index (χ4n) is 2.28. The van der Waals surface area contributed by atoms with Gasteiger partial charge in [0.25, 0.3) is 0 Å². The SMILES string of the molecule is COc1cc(CN(C)Cc2nnc(C)o2)cc2c1OCO2. The molecule has 1 aromatic carbocycles. The van der Waals surface area contributed by atoms with E-state index in [0.29, 0.717) is 42.1 Å². The average Bonchev–Trinajstić information content (AvgIpc) is 3.06. The Kier molecular flexibility index (Phi) is 3.66. The molecule has 112 valence electrons. The summed E-state index contributed by atoms with van der Waals surface area (Å²) in [6.45, 7) is 3.29. The van der Waals surface area contributed by atoms with E-state index in [0.717, 1.165) is 5.56 Å². The van der Waals surface area contributed by atoms with Crippen molar-refractivity contribution in [3.8, 4) is 17.2 Å². The van der Waals surface area contributed by atoms with Gasteiger partial charge in [0.1, 0.15) is 0 Å². The monoisotopic (exact) mass is 291 g/mol. The number of ether oxygens (including phenoxy) is 3. The summed E-state index contributed by atoms with van der Waals surface area (Å²) in [5.74, 6) is 3.23. The Morgan fingerprint density at radius 1 is 1.24 bits per heavy atom. The normalized spacial score (nSPS) is 13.0. The molecule has 1 aromatic heterocycles. The maximum atomic E-state index is 5.42. The number of rotatable bonds is 5. The Bertz CT molecular complexity index is 641. The highest BCUT2D eigenvalue weighted by Crippen LogP contribution is 2.41. The van der Waals surface area contributed by atoms with Gasteiger partial charge >= 0.3 is 0 Å². The van der Waals surface area contributed by atoms with Gasteiger partial charge in [0, 0.05) is 13.5 Å². The molecule has 3 rings (SSSR count). The molecule has 21 heavy (non-hydrogen) atoms. The molecule has 0 fully saturated rings. The number of aromatic nitrogens is 2. The first-order valence-corrected chi connectivity index (χ1v) is 6.59. The summed E-state index contributed by atoms with van der Waals surface area (Å²) in [4.78, 5) is 2.07. The molecule has 0 radical (unpaired) electrons. The molecule has 0 bridgehead atoms. The Hall–Kier alpha value is -2.28. The van der Waals surface area contributed by atoms with Gasteiger partial charge in [-0.2, -0.15) is 0 Å². The van der Waals surface area contributed by atoms with Crippen LogP contribution in [-0.4, -0.2) is 36.0 Å². The van der Waals surface area contributed by atoms with Crippen LogP contribution in [0, 0.1) is 6.92 Å². The van der Waals surface area contributed by atoms with E-state index in [9.17, 15) is 0 Å². The summed E-state index contributed by atoms with van der Waals surface area (Å²) >= 11 is 0. The molecular weight excluding hydrogens is 274 g/mol. The second-order valence-corrected chi connectivity index (χ2v) is 4.92. The number of nitrogens with zero attached hydrogens (tertiary/aromatic N) is 3. The van der Waals surface area contributed by atoms with Crippen LogP contribution < -0.4 is 14.2 Å². The summed E-state index contributed by atoms with van der Waals surface area (Å²) < 4.78 is 21.5. The first-order valence-electron chi connectivity index (χ1n) is 6.59. The van der Waals surface area contributed by atoms with Gasteiger partial charge in [0.05, 0.1) is 13.7 Å². The van der Waals surface area contributed by atoms with Crippen molar-refractivity contribution < 1.29 is 18.6 Å². The number of hydrogen-bond acceptors (Lipinski definition) is 7. The molecular formula is C14H17N3O4. The summed E-state index contributed by atoms with van der Waals surface area (Å²) in [6.07, 6.45) is 0. The summed E-state index contributed by atoms with van der Waals surface area (Å²) in [6, 6.07) is 3.91. The highest BCUT2D eigenvalue weighted by molar-refractivity contribution is 5.55. The zero-order valence-electron chi connectivity index (χ0n) is 12.3. The van der Waals surface area contributed by atoms with Crippen molar-refractivity contribution in [3.63, 3.8) is 0 Å². The van der Waals surface area contributed by atoms with Gasteiger partial charge in [-0.25, -0.2) is 0 Å². The lowest BCUT2D eigenvalue weighted by molar-refractivity contribution is 0.171. The molecule has 2 aromatic rings. The van der Waals surface area contributed by atoms with E-state index in [1.807, 2.05) is 19.2 Å². The molecule has 7 nitrogen and oxygen atoms in total. The minimum atomic E-state index is 0.228. The van der Waals surface area contributed by atoms with Crippen molar-refractivity contribution in [2.24, 2.45) is 0 Å². The van der Waals surface area contributed by atoms with Crippen LogP contribution in [0.15, 0.2) is 16.5 Å². The van der Waals surface area contributed by atoms with Crippen molar-refractivity contribution in [2.45, 2.75) is 20.0 Å². The van der Waals surface area contributed by atoms with Crippen molar-refractivity contribution in [1.29, 1.82) is 0 Å². The van der Waals surface area contributed by atoms with Crippen LogP contribution in [0.1, 0.15) is 17.3 Å². The Labute approximate surface area is 122 Å². The van der Waals surface area contributed by atoms with Gasteiger partial charge in [-0.1, -0.05) is 0 Å². The predicted octanol–water partition coefficient (Wildman–Crippen LogP) is 1.75. The first kappa shape index (κ1) is 13.7. The number of benzene rings is 1. The zero-order valence-corrected chi connectivity index (χ0v) is 12.3. The summed E-state index contributed by atoms with van der Waals surface area (Å²) in [5, 5.41) is 7.81. The molecule has 0 amide bonds. The van der Waals surface area contributed by atoms with Crippen LogP contribution in [0.3, 0.4) is 0 Å². The molecule has 0 atom stereocenters. The molecule has 0 saturated carbocycles. The Balaban J connectivity index is 1.72. The average molecular weight is 291 g/mol. The largest absolute Gasteiger partial charge is 0.493 e. The maximum absolute atomic E-state index is 5.42. The van der Waals surface area contributed by atoms with Crippen LogP contribution in [0.25, 0.3) is 0 Å². The van der Waals surface area contributed by atoms with Crippen LogP contribution in [-0.2, 0) is 13.1 Å². The van der Waals surface area contributed by atoms with Crippen LogP contribution in [0.4, 0.5) is 0 Å². The quantitative estimate of drug-likeness (QED) is 0.831. The highest BCUT2D eigenvalue weighted by Gasteiger charge is 2.20. The van der Waals surface area contributed by atoms with E-state index < -0.39 is 0 Å². The zero-order chi connectivity index (χ0) is 14.8. The van der Waals surface area contributed by atoms with Gasteiger partial charge in [0.2, 0.25) is 24.3 Å². The molecule has 1 aliphatic heterocycles. The van der Waals surface area contributed by atoms with E-state index in [2.05, 4.69) is 15.1 Å². The molecule has 1 aliphatic rings. The lowest BCUT2D eigenvalue weighted by Gasteiger charge is -2.15. The Morgan fingerprint density at radius 3 is 2.81 bits per heavy atom. The van der Waals surface area contributed by atoms with Crippen molar-refractivity contribution in [2.75, 3.05) is 21.0 Å². The molecule has 0 saturated heterocycles. The second-order valence-electron chi connectivity index (χ2n) is 4.92. The van der Waals surface area contributed by atoms with E-state index in [1.165, 1.54) is 0 Å². The van der Waals surface area contributed by atoms with Gasteiger partial charge in [-0.15, -0.1) is 10.2 Å². The molecule has 0 N–H and O–H groups in total. The maximum Gasteiger partial charge on any atom is 0.231 e. The van der Waals surface area contributed by atoms with E-state index >= 15 is 0 Å². The number of hydrogen-bond donors (Lipinski definition) is 0. The molecule has 0 aliphatic carbocycles. The van der Waals surface area contributed by atoms with Crippen molar-refractivity contribution >= 4 is 0 Å². The van der Waals surface area contributed by atoms with Gasteiger partial charge in [-0.3, -0.25) is 4.90 Å². The van der Waals surface area contributed by atoms with Crippen LogP contribution in [0.2, 0.25) is 0 Å². The second kappa shape index (κ2) is 5.61. The molecule has 0 spiro atoms. The van der Waals surface area contributed by atoms with Crippen LogP contribution in [0.5, 0.6) is 17.2 Å². The third kappa shape index (κ3) is 2.92. The fraction of sp³-hybridized carbons (Fsp3) is 0.429. The number of fused-ring (bicyclic) bond motifs is 1. The topological polar surface area (TPSA) is 69.9 Å². The fourth-order valence-corrected chi connectivity index (χ4v) is 2.28. The summed E-state index contributed by atoms with van der Waals surface area (Å²) in [5.41, 5.74) is 1.06. The van der Waals surface area contributed by atoms with Gasteiger partial charge in [0.15, 0.2) is 11.5 Å². The Morgan fingerprint density at radius 2 is 2.10 bits per heavy atom. The van der Waals surface area contributed by atoms with Gasteiger partial charge in [-0.05, 0) is 24.7 Å². The standard InChI is InChI=1S/C14H17N3O4/c1-9-15-16-13(21-9)7-17(2)6-10-4-11(18-3)14-12(5-10)19-8-20-14/h4-5H,6-8H2,1-3H3. The van der Waals surface area contributed by atoms with E-state index in [-0.39, 0.29) is 6.79 Å². The molecule has 7 heteroatoms. The predicted molar refractivity (Wildman–Crippen MR) is 73.3 cm³/mol. The smallest absolute Gasteiger partial charge is 0.231 e. The number of methoxy groups -OCH3 is 1. The first-order chi connectivity index (χ1) is 10.2. The van der Waals surface area contributed by atoms with Crippen molar-refractivity contribution in [3.05, 3.63) is 29.5 Å². The summed E-state index contributed by atoms with van der Waals surface area (Å²) in [7, 11) is 3.60. The third-order valence-corrected chi connectivity index (χ3v) is 3.14. The van der Waals surface area contributed by atoms with E-state index in [1.54, 1.807) is 14.0 Å². The third-order valence-electron chi connectivity index (χ3n) is 3.14. The van der Waals surface area contributed by atoms with Crippen LogP contribution >= 0.6 is 0 Å². The molecule has 2 heterocycles. The number of aryl methyl sites for hydroxylation is 1. The lowest BCUT2D eigenvalue weighted by Crippen LogP contribution is -2.17. The molecule has 0 unspecified atom stereocenters. The van der Waals surface area contributed by atoms with E-state index in [4.69, 9.17) is 18.6 Å². The lowest BCUT2D eigenvalue weighted by atomic mass is 10.1. The van der Waals surface area contributed by atoms with Gasteiger partial charge < -0.3 is 18.6 Å².